The lowest BCUT2D eigenvalue weighted by atomic mass is 10.1. The minimum absolute atomic E-state index is 0.842. The van der Waals surface area contributed by atoms with E-state index in [0.29, 0.717) is 0 Å². The second-order valence-corrected chi connectivity index (χ2v) is 4.41. The average molecular weight is 309 g/mol. The number of aryl methyl sites for hydroxylation is 1. The van der Waals surface area contributed by atoms with Gasteiger partial charge in [-0.05, 0) is 36.2 Å². The molecule has 3 nitrogen and oxygen atoms in total. The average Bonchev–Trinajstić information content (AvgIpc) is 2.66. The fourth-order valence-corrected chi connectivity index (χ4v) is 2.06. The fourth-order valence-electron chi connectivity index (χ4n) is 2.06. The van der Waals surface area contributed by atoms with Gasteiger partial charge in [-0.15, -0.1) is 0 Å². The number of benzene rings is 2. The van der Waals surface area contributed by atoms with Crippen LogP contribution in [0.4, 0.5) is 11.5 Å². The molecule has 0 fully saturated rings. The lowest BCUT2D eigenvalue weighted by Gasteiger charge is -2.08. The molecule has 3 heteroatoms. The molecule has 0 aliphatic carbocycles. The molecule has 0 aliphatic rings. The molecular weight excluding hydrogens is 282 g/mol. The summed E-state index contributed by atoms with van der Waals surface area (Å²) in [5, 5.41) is 4.38. The number of hydrogen-bond acceptors (Lipinski definition) is 3. The highest BCUT2D eigenvalue weighted by molar-refractivity contribution is 5.90. The maximum atomic E-state index is 4.32. The first kappa shape index (κ1) is 18.6. The van der Waals surface area contributed by atoms with Crippen molar-refractivity contribution in [3.63, 3.8) is 0 Å². The normalized spacial score (nSPS) is 9.26. The van der Waals surface area contributed by atoms with Crippen LogP contribution in [0.3, 0.4) is 0 Å². The first-order valence-electron chi connectivity index (χ1n) is 8.42. The van der Waals surface area contributed by atoms with E-state index in [9.17, 15) is 0 Å². The summed E-state index contributed by atoms with van der Waals surface area (Å²) in [5.41, 5.74) is 3.32. The van der Waals surface area contributed by atoms with Crippen molar-refractivity contribution in [3.05, 3.63) is 60.4 Å². The Morgan fingerprint density at radius 1 is 0.826 bits per heavy atom. The Labute approximate surface area is 139 Å². The Morgan fingerprint density at radius 3 is 2.13 bits per heavy atom. The van der Waals surface area contributed by atoms with Gasteiger partial charge in [-0.2, -0.15) is 0 Å². The van der Waals surface area contributed by atoms with Gasteiger partial charge in [-0.3, -0.25) is 0 Å². The summed E-state index contributed by atoms with van der Waals surface area (Å²) in [6, 6.07) is 16.4. The van der Waals surface area contributed by atoms with Crippen LogP contribution in [0.15, 0.2) is 54.9 Å². The SMILES string of the molecule is CC.CC.CCc1ccc(Nc2ncnc3ccccc23)cc1. The third kappa shape index (κ3) is 5.06. The van der Waals surface area contributed by atoms with Gasteiger partial charge in [-0.25, -0.2) is 9.97 Å². The van der Waals surface area contributed by atoms with Crippen LogP contribution >= 0.6 is 0 Å². The molecule has 0 spiro atoms. The predicted molar refractivity (Wildman–Crippen MR) is 101 cm³/mol. The van der Waals surface area contributed by atoms with Crippen LogP contribution < -0.4 is 5.32 Å². The molecule has 0 saturated carbocycles. The highest BCUT2D eigenvalue weighted by atomic mass is 15.0. The lowest BCUT2D eigenvalue weighted by Crippen LogP contribution is -1.96. The van der Waals surface area contributed by atoms with Crippen LogP contribution in [0, 0.1) is 0 Å². The number of nitrogens with zero attached hydrogens (tertiary/aromatic N) is 2. The summed E-state index contributed by atoms with van der Waals surface area (Å²) in [4.78, 5) is 8.58. The van der Waals surface area contributed by atoms with Crippen molar-refractivity contribution in [2.75, 3.05) is 5.32 Å². The van der Waals surface area contributed by atoms with E-state index in [4.69, 9.17) is 0 Å². The molecule has 0 atom stereocenters. The number of rotatable bonds is 3. The van der Waals surface area contributed by atoms with Gasteiger partial charge in [-0.1, -0.05) is 58.9 Å². The molecule has 1 heterocycles. The van der Waals surface area contributed by atoms with Crippen LogP contribution in [-0.4, -0.2) is 9.97 Å². The van der Waals surface area contributed by atoms with Gasteiger partial charge in [0, 0.05) is 11.1 Å². The van der Waals surface area contributed by atoms with E-state index in [1.165, 1.54) is 5.56 Å². The summed E-state index contributed by atoms with van der Waals surface area (Å²) >= 11 is 0. The maximum Gasteiger partial charge on any atom is 0.141 e. The van der Waals surface area contributed by atoms with E-state index in [1.54, 1.807) is 6.33 Å². The van der Waals surface area contributed by atoms with Crippen molar-refractivity contribution < 1.29 is 0 Å². The van der Waals surface area contributed by atoms with Crippen LogP contribution in [0.1, 0.15) is 40.2 Å². The van der Waals surface area contributed by atoms with Crippen LogP contribution in [-0.2, 0) is 6.42 Å². The quantitative estimate of drug-likeness (QED) is 0.646. The standard InChI is InChI=1S/C16H15N3.2C2H6/c1-2-12-7-9-13(10-8-12)19-16-14-5-3-4-6-15(14)17-11-18-16;2*1-2/h3-11H,2H2,1H3,(H,17,18,19);2*1-2H3. The van der Waals surface area contributed by atoms with Gasteiger partial charge in [0.1, 0.15) is 12.1 Å². The minimum Gasteiger partial charge on any atom is -0.340 e. The number of fused-ring (bicyclic) bond motifs is 1. The maximum absolute atomic E-state index is 4.32. The van der Waals surface area contributed by atoms with E-state index in [1.807, 2.05) is 52.0 Å². The molecule has 0 aliphatic heterocycles. The van der Waals surface area contributed by atoms with E-state index in [2.05, 4.69) is 46.5 Å². The molecule has 0 amide bonds. The zero-order chi connectivity index (χ0) is 17.1. The summed E-state index contributed by atoms with van der Waals surface area (Å²) in [7, 11) is 0. The molecule has 3 rings (SSSR count). The minimum atomic E-state index is 0.842. The van der Waals surface area contributed by atoms with Gasteiger partial charge >= 0.3 is 0 Å². The van der Waals surface area contributed by atoms with E-state index in [0.717, 1.165) is 28.8 Å². The summed E-state index contributed by atoms with van der Waals surface area (Å²) in [6.45, 7) is 10.2. The molecule has 0 unspecified atom stereocenters. The van der Waals surface area contributed by atoms with Gasteiger partial charge in [0.15, 0.2) is 0 Å². The summed E-state index contributed by atoms with van der Waals surface area (Å²) < 4.78 is 0. The number of nitrogens with one attached hydrogen (secondary N) is 1. The van der Waals surface area contributed by atoms with E-state index in [-0.39, 0.29) is 0 Å². The Kier molecular flexibility index (Phi) is 8.37. The van der Waals surface area contributed by atoms with Gasteiger partial charge in [0.25, 0.3) is 0 Å². The second kappa shape index (κ2) is 10.3. The number of aromatic nitrogens is 2. The molecule has 0 bridgehead atoms. The summed E-state index contributed by atoms with van der Waals surface area (Å²) in [5.74, 6) is 0.842. The van der Waals surface area contributed by atoms with E-state index < -0.39 is 0 Å². The molecular formula is C20H27N3. The van der Waals surface area contributed by atoms with Crippen LogP contribution in [0.5, 0.6) is 0 Å². The monoisotopic (exact) mass is 309 g/mol. The highest BCUT2D eigenvalue weighted by Crippen LogP contribution is 2.22. The molecule has 0 radical (unpaired) electrons. The molecule has 0 saturated heterocycles. The number of para-hydroxylation sites is 1. The van der Waals surface area contributed by atoms with Crippen molar-refractivity contribution in [1.29, 1.82) is 0 Å². The largest absolute Gasteiger partial charge is 0.340 e. The molecule has 23 heavy (non-hydrogen) atoms. The van der Waals surface area contributed by atoms with Crippen molar-refractivity contribution >= 4 is 22.4 Å². The third-order valence-electron chi connectivity index (χ3n) is 3.17. The Hall–Kier alpha value is -2.42. The first-order valence-corrected chi connectivity index (χ1v) is 8.42. The Bertz CT molecular complexity index is 685. The summed E-state index contributed by atoms with van der Waals surface area (Å²) in [6.07, 6.45) is 2.64. The second-order valence-electron chi connectivity index (χ2n) is 4.41. The van der Waals surface area contributed by atoms with Gasteiger partial charge in [0.2, 0.25) is 0 Å². The van der Waals surface area contributed by atoms with Crippen molar-refractivity contribution in [1.82, 2.24) is 9.97 Å². The smallest absolute Gasteiger partial charge is 0.141 e. The zero-order valence-electron chi connectivity index (χ0n) is 14.8. The molecule has 1 aromatic heterocycles. The molecule has 2 aromatic carbocycles. The van der Waals surface area contributed by atoms with Crippen LogP contribution in [0.2, 0.25) is 0 Å². The molecule has 122 valence electrons. The van der Waals surface area contributed by atoms with Crippen molar-refractivity contribution in [2.45, 2.75) is 41.0 Å². The fraction of sp³-hybridized carbons (Fsp3) is 0.300. The Balaban J connectivity index is 0.000000615. The molecule has 1 N–H and O–H groups in total. The predicted octanol–water partition coefficient (Wildman–Crippen LogP) is 5.99. The molecule has 3 aromatic rings. The van der Waals surface area contributed by atoms with Gasteiger partial charge < -0.3 is 5.32 Å². The van der Waals surface area contributed by atoms with Crippen molar-refractivity contribution in [3.8, 4) is 0 Å². The van der Waals surface area contributed by atoms with Crippen LogP contribution in [0.25, 0.3) is 10.9 Å². The van der Waals surface area contributed by atoms with Gasteiger partial charge in [0.05, 0.1) is 5.52 Å². The van der Waals surface area contributed by atoms with E-state index >= 15 is 0 Å². The third-order valence-corrected chi connectivity index (χ3v) is 3.17. The van der Waals surface area contributed by atoms with Crippen molar-refractivity contribution in [2.24, 2.45) is 0 Å². The zero-order valence-corrected chi connectivity index (χ0v) is 14.8. The first-order chi connectivity index (χ1) is 11.4. The topological polar surface area (TPSA) is 37.8 Å². The highest BCUT2D eigenvalue weighted by Gasteiger charge is 2.02. The Morgan fingerprint density at radius 2 is 1.48 bits per heavy atom. The number of anilines is 2. The number of hydrogen-bond donors (Lipinski definition) is 1. The lowest BCUT2D eigenvalue weighted by molar-refractivity contribution is 1.14.